The molecule has 246 valence electrons. The second-order valence-corrected chi connectivity index (χ2v) is 14.5. The van der Waals surface area contributed by atoms with Crippen LogP contribution in [0.2, 0.25) is 5.02 Å². The number of amidine groups is 1. The summed E-state index contributed by atoms with van der Waals surface area (Å²) in [6.07, 6.45) is 6.76. The number of hydrogen-bond donors (Lipinski definition) is 5. The van der Waals surface area contributed by atoms with E-state index in [1.165, 1.54) is 24.4 Å². The SMILES string of the molecule is C=CN.Cc1cc(NCC(C)(C)C)ccc1-c1cc2c(NC3CCC(C)(N)C3(C)C)c(C(N)=Nc3cc(F)ccc3Cl)cnn2c1. The van der Waals surface area contributed by atoms with Crippen LogP contribution in [0.25, 0.3) is 16.6 Å². The van der Waals surface area contributed by atoms with Crippen LogP contribution in [0.5, 0.6) is 0 Å². The molecule has 0 saturated heterocycles. The molecule has 2 aromatic heterocycles. The van der Waals surface area contributed by atoms with E-state index in [-0.39, 0.29) is 33.9 Å². The average Bonchev–Trinajstić information content (AvgIpc) is 3.48. The molecule has 0 spiro atoms. The monoisotopic (exact) mass is 646 g/mol. The summed E-state index contributed by atoms with van der Waals surface area (Å²) in [5.41, 5.74) is 24.5. The fraction of sp³-hybridized carbons (Fsp3) is 0.389. The quantitative estimate of drug-likeness (QED) is 0.102. The molecule has 4 aromatic rings. The molecule has 1 aliphatic carbocycles. The molecule has 0 aliphatic heterocycles. The minimum absolute atomic E-state index is 0.0752. The van der Waals surface area contributed by atoms with E-state index < -0.39 is 5.82 Å². The summed E-state index contributed by atoms with van der Waals surface area (Å²) in [6.45, 7) is 19.3. The maximum absolute atomic E-state index is 14.0. The lowest BCUT2D eigenvalue weighted by atomic mass is 9.75. The molecule has 46 heavy (non-hydrogen) atoms. The minimum atomic E-state index is -0.441. The Morgan fingerprint density at radius 3 is 2.50 bits per heavy atom. The number of aryl methyl sites for hydroxylation is 1. The van der Waals surface area contributed by atoms with Gasteiger partial charge in [-0.25, -0.2) is 13.9 Å². The van der Waals surface area contributed by atoms with Crippen molar-refractivity contribution in [2.45, 2.75) is 72.9 Å². The molecule has 8 nitrogen and oxygen atoms in total. The first kappa shape index (κ1) is 34.8. The third-order valence-electron chi connectivity index (χ3n) is 9.04. The van der Waals surface area contributed by atoms with E-state index in [2.05, 4.69) is 101 Å². The smallest absolute Gasteiger partial charge is 0.135 e. The fourth-order valence-electron chi connectivity index (χ4n) is 5.73. The van der Waals surface area contributed by atoms with Crippen LogP contribution < -0.4 is 27.8 Å². The Labute approximate surface area is 277 Å². The Balaban J connectivity index is 0.00000154. The predicted molar refractivity (Wildman–Crippen MR) is 193 cm³/mol. The van der Waals surface area contributed by atoms with Crippen LogP contribution in [-0.4, -0.2) is 33.6 Å². The van der Waals surface area contributed by atoms with Gasteiger partial charge in [0.15, 0.2) is 0 Å². The molecular formula is C36H48ClFN8. The van der Waals surface area contributed by atoms with E-state index in [9.17, 15) is 4.39 Å². The van der Waals surface area contributed by atoms with Crippen molar-refractivity contribution in [3.63, 3.8) is 0 Å². The summed E-state index contributed by atoms with van der Waals surface area (Å²) in [6, 6.07) is 12.7. The van der Waals surface area contributed by atoms with E-state index >= 15 is 0 Å². The van der Waals surface area contributed by atoms with Crippen LogP contribution in [0.1, 0.15) is 65.5 Å². The summed E-state index contributed by atoms with van der Waals surface area (Å²) in [5, 5.41) is 12.4. The highest BCUT2D eigenvalue weighted by atomic mass is 35.5. The van der Waals surface area contributed by atoms with Crippen LogP contribution in [0, 0.1) is 23.6 Å². The van der Waals surface area contributed by atoms with Gasteiger partial charge in [-0.3, -0.25) is 0 Å². The van der Waals surface area contributed by atoms with Gasteiger partial charge in [0.25, 0.3) is 0 Å². The molecule has 0 amide bonds. The lowest BCUT2D eigenvalue weighted by Gasteiger charge is -2.39. The molecule has 2 atom stereocenters. The normalized spacial score (nSPS) is 19.4. The van der Waals surface area contributed by atoms with Crippen molar-refractivity contribution in [3.8, 4) is 11.1 Å². The molecule has 10 heteroatoms. The third kappa shape index (κ3) is 7.48. The molecule has 8 N–H and O–H groups in total. The number of nitrogens with zero attached hydrogens (tertiary/aromatic N) is 3. The summed E-state index contributed by atoms with van der Waals surface area (Å²) >= 11 is 6.32. The number of aromatic nitrogens is 2. The Hall–Kier alpha value is -4.08. The number of anilines is 2. The molecule has 1 aliphatic rings. The number of hydrogen-bond acceptors (Lipinski definition) is 6. The van der Waals surface area contributed by atoms with Gasteiger partial charge in [-0.2, -0.15) is 5.10 Å². The minimum Gasteiger partial charge on any atom is -0.405 e. The summed E-state index contributed by atoms with van der Waals surface area (Å²) in [5.74, 6) is -0.256. The summed E-state index contributed by atoms with van der Waals surface area (Å²) in [4.78, 5) is 4.52. The van der Waals surface area contributed by atoms with Crippen LogP contribution in [0.4, 0.5) is 21.5 Å². The molecule has 0 radical (unpaired) electrons. The van der Waals surface area contributed by atoms with Gasteiger partial charge in [0.05, 0.1) is 33.7 Å². The number of fused-ring (bicyclic) bond motifs is 1. The van der Waals surface area contributed by atoms with Gasteiger partial charge in [-0.15, -0.1) is 0 Å². The number of rotatable bonds is 7. The van der Waals surface area contributed by atoms with Gasteiger partial charge < -0.3 is 27.8 Å². The molecular weight excluding hydrogens is 599 g/mol. The zero-order chi connectivity index (χ0) is 34.0. The first-order valence-electron chi connectivity index (χ1n) is 15.5. The number of benzene rings is 2. The van der Waals surface area contributed by atoms with Gasteiger partial charge in [0.2, 0.25) is 0 Å². The number of aliphatic imine (C=N–C) groups is 1. The van der Waals surface area contributed by atoms with E-state index in [1.807, 2.05) is 10.7 Å². The highest BCUT2D eigenvalue weighted by Crippen LogP contribution is 2.46. The first-order chi connectivity index (χ1) is 21.5. The van der Waals surface area contributed by atoms with E-state index in [0.717, 1.165) is 53.0 Å². The van der Waals surface area contributed by atoms with E-state index in [4.69, 9.17) is 28.2 Å². The zero-order valence-electron chi connectivity index (χ0n) is 28.0. The highest BCUT2D eigenvalue weighted by Gasteiger charge is 2.49. The largest absolute Gasteiger partial charge is 0.405 e. The maximum Gasteiger partial charge on any atom is 0.135 e. The highest BCUT2D eigenvalue weighted by molar-refractivity contribution is 6.33. The van der Waals surface area contributed by atoms with Crippen molar-refractivity contribution in [1.82, 2.24) is 9.61 Å². The third-order valence-corrected chi connectivity index (χ3v) is 9.36. The van der Waals surface area contributed by atoms with Crippen molar-refractivity contribution in [1.29, 1.82) is 0 Å². The van der Waals surface area contributed by atoms with Crippen LogP contribution in [-0.2, 0) is 0 Å². The summed E-state index contributed by atoms with van der Waals surface area (Å²) in [7, 11) is 0. The molecule has 2 heterocycles. The molecule has 5 rings (SSSR count). The van der Waals surface area contributed by atoms with E-state index in [0.29, 0.717) is 10.6 Å². The Kier molecular flexibility index (Phi) is 10.1. The van der Waals surface area contributed by atoms with Crippen molar-refractivity contribution in [2.24, 2.45) is 33.0 Å². The number of nitrogens with two attached hydrogens (primary N) is 3. The predicted octanol–water partition coefficient (Wildman–Crippen LogP) is 8.00. The lowest BCUT2D eigenvalue weighted by molar-refractivity contribution is 0.215. The van der Waals surface area contributed by atoms with Crippen molar-refractivity contribution < 1.29 is 4.39 Å². The van der Waals surface area contributed by atoms with Gasteiger partial charge in [-0.05, 0) is 79.8 Å². The number of halogens is 2. The maximum atomic E-state index is 14.0. The fourth-order valence-corrected chi connectivity index (χ4v) is 5.89. The van der Waals surface area contributed by atoms with Crippen molar-refractivity contribution in [2.75, 3.05) is 17.2 Å². The molecule has 2 unspecified atom stereocenters. The second kappa shape index (κ2) is 13.3. The first-order valence-corrected chi connectivity index (χ1v) is 15.9. The standard InChI is InChI=1S/C34H43ClFN7.C2H5N/c1-20-14-23(39-19-32(2,3)4)9-10-24(20)21-15-28-30(42-29-12-13-34(7,38)33(29,5)6)25(17-40-43(28)18-21)31(37)41-27-16-22(36)8-11-26(27)35;1-2-3/h8-11,14-18,29,39,42H,12-13,19,38H2,1-7H3,(H2,37,41);2H,1,3H2. The average molecular weight is 647 g/mol. The number of nitrogens with one attached hydrogen (secondary N) is 2. The van der Waals surface area contributed by atoms with Crippen molar-refractivity contribution >= 4 is 40.0 Å². The molecule has 2 aromatic carbocycles. The molecule has 0 bridgehead atoms. The topological polar surface area (TPSA) is 132 Å². The lowest BCUT2D eigenvalue weighted by Crippen LogP contribution is -2.51. The van der Waals surface area contributed by atoms with Crippen LogP contribution >= 0.6 is 11.6 Å². The molecule has 1 fully saturated rings. The Morgan fingerprint density at radius 1 is 1.20 bits per heavy atom. The van der Waals surface area contributed by atoms with Gasteiger partial charge >= 0.3 is 0 Å². The Bertz CT molecular complexity index is 1750. The van der Waals surface area contributed by atoms with Crippen LogP contribution in [0.15, 0.2) is 72.6 Å². The zero-order valence-corrected chi connectivity index (χ0v) is 28.8. The Morgan fingerprint density at radius 2 is 1.89 bits per heavy atom. The molecule has 1 saturated carbocycles. The van der Waals surface area contributed by atoms with Gasteiger partial charge in [0.1, 0.15) is 11.7 Å². The van der Waals surface area contributed by atoms with Gasteiger partial charge in [-0.1, -0.05) is 58.9 Å². The summed E-state index contributed by atoms with van der Waals surface area (Å²) < 4.78 is 15.9. The van der Waals surface area contributed by atoms with E-state index in [1.54, 1.807) is 6.20 Å². The van der Waals surface area contributed by atoms with Gasteiger partial charge in [0, 0.05) is 47.1 Å². The van der Waals surface area contributed by atoms with Crippen molar-refractivity contribution in [3.05, 3.63) is 89.6 Å². The second-order valence-electron chi connectivity index (χ2n) is 14.1. The van der Waals surface area contributed by atoms with Crippen LogP contribution in [0.3, 0.4) is 0 Å².